The Kier molecular flexibility index (Phi) is 6.31. The zero-order valence-electron chi connectivity index (χ0n) is 11.1. The number of hydrogen-bond acceptors (Lipinski definition) is 3. The minimum atomic E-state index is -1.47. The number of benzene rings is 1. The number of nitrogens with one attached hydrogen (secondary N) is 1. The fraction of sp³-hybridized carbons (Fsp3) is 0.462. The zero-order chi connectivity index (χ0) is 14.4. The van der Waals surface area contributed by atoms with Gasteiger partial charge in [0.15, 0.2) is 0 Å². The summed E-state index contributed by atoms with van der Waals surface area (Å²) in [6, 6.07) is 4.75. The molecular formula is C13H19ClN2O2S. The zero-order valence-corrected chi connectivity index (χ0v) is 12.7. The van der Waals surface area contributed by atoms with Crippen LogP contribution in [-0.2, 0) is 15.6 Å². The first-order chi connectivity index (χ1) is 8.90. The molecule has 0 saturated heterocycles. The number of nitrogens with two attached hydrogens (primary N) is 1. The summed E-state index contributed by atoms with van der Waals surface area (Å²) >= 11 is 5.83. The van der Waals surface area contributed by atoms with Crippen LogP contribution >= 0.6 is 11.6 Å². The Balaban J connectivity index is 2.54. The molecule has 0 spiro atoms. The summed E-state index contributed by atoms with van der Waals surface area (Å²) in [6.07, 6.45) is 0.900. The standard InChI is InChI=1S/C13H19ClN2O2S/c1-9(2)5-6-16-13(17)8-19(18)12-7-10(14)3-4-11(12)15/h3-4,7,9H,5-6,8,15H2,1-2H3,(H,16,17). The van der Waals surface area contributed by atoms with Crippen molar-refractivity contribution in [2.45, 2.75) is 25.2 Å². The highest BCUT2D eigenvalue weighted by Gasteiger charge is 2.13. The maximum atomic E-state index is 12.0. The molecule has 3 N–H and O–H groups in total. The lowest BCUT2D eigenvalue weighted by Gasteiger charge is -2.08. The Morgan fingerprint density at radius 2 is 2.16 bits per heavy atom. The molecule has 0 saturated carbocycles. The molecule has 106 valence electrons. The molecule has 1 aromatic carbocycles. The number of halogens is 1. The van der Waals surface area contributed by atoms with E-state index in [-0.39, 0.29) is 11.7 Å². The van der Waals surface area contributed by atoms with E-state index >= 15 is 0 Å². The molecule has 1 unspecified atom stereocenters. The predicted molar refractivity (Wildman–Crippen MR) is 79.6 cm³/mol. The van der Waals surface area contributed by atoms with Gasteiger partial charge in [-0.2, -0.15) is 0 Å². The third kappa shape index (κ3) is 5.61. The van der Waals surface area contributed by atoms with Gasteiger partial charge >= 0.3 is 0 Å². The molecule has 0 heterocycles. The van der Waals surface area contributed by atoms with Crippen LogP contribution in [0.15, 0.2) is 23.1 Å². The maximum Gasteiger partial charge on any atom is 0.233 e. The molecule has 1 aromatic rings. The number of rotatable bonds is 6. The molecule has 0 aliphatic heterocycles. The first-order valence-electron chi connectivity index (χ1n) is 6.10. The molecule has 0 aliphatic carbocycles. The number of nitrogen functional groups attached to an aromatic ring is 1. The number of amides is 1. The molecular weight excluding hydrogens is 284 g/mol. The van der Waals surface area contributed by atoms with Crippen LogP contribution in [0.5, 0.6) is 0 Å². The summed E-state index contributed by atoms with van der Waals surface area (Å²) in [4.78, 5) is 12.0. The van der Waals surface area contributed by atoms with Gasteiger partial charge in [0.1, 0.15) is 5.75 Å². The fourth-order valence-corrected chi connectivity index (χ4v) is 2.78. The Labute approximate surface area is 121 Å². The van der Waals surface area contributed by atoms with Crippen molar-refractivity contribution in [3.8, 4) is 0 Å². The van der Waals surface area contributed by atoms with E-state index in [0.29, 0.717) is 28.1 Å². The van der Waals surface area contributed by atoms with Gasteiger partial charge in [-0.3, -0.25) is 9.00 Å². The summed E-state index contributed by atoms with van der Waals surface area (Å²) in [7, 11) is -1.47. The van der Waals surface area contributed by atoms with Crippen molar-refractivity contribution in [2.24, 2.45) is 5.92 Å². The minimum absolute atomic E-state index is 0.0946. The number of hydrogen-bond donors (Lipinski definition) is 2. The van der Waals surface area contributed by atoms with Crippen molar-refractivity contribution in [2.75, 3.05) is 18.0 Å². The van der Waals surface area contributed by atoms with E-state index in [2.05, 4.69) is 19.2 Å². The average Bonchev–Trinajstić information content (AvgIpc) is 2.31. The highest BCUT2D eigenvalue weighted by Crippen LogP contribution is 2.21. The molecule has 6 heteroatoms. The highest BCUT2D eigenvalue weighted by molar-refractivity contribution is 7.86. The molecule has 0 bridgehead atoms. The summed E-state index contributed by atoms with van der Waals surface area (Å²) < 4.78 is 12.0. The van der Waals surface area contributed by atoms with Crippen LogP contribution in [0.4, 0.5) is 5.69 Å². The first kappa shape index (κ1) is 16.0. The third-order valence-corrected chi connectivity index (χ3v) is 4.13. The first-order valence-corrected chi connectivity index (χ1v) is 7.80. The van der Waals surface area contributed by atoms with Crippen molar-refractivity contribution in [1.82, 2.24) is 5.32 Å². The second-order valence-electron chi connectivity index (χ2n) is 4.70. The average molecular weight is 303 g/mol. The SMILES string of the molecule is CC(C)CCNC(=O)CS(=O)c1cc(Cl)ccc1N. The molecule has 19 heavy (non-hydrogen) atoms. The van der Waals surface area contributed by atoms with Crippen molar-refractivity contribution in [1.29, 1.82) is 0 Å². The van der Waals surface area contributed by atoms with Gasteiger partial charge in [-0.15, -0.1) is 0 Å². The van der Waals surface area contributed by atoms with Crippen molar-refractivity contribution < 1.29 is 9.00 Å². The quantitative estimate of drug-likeness (QED) is 0.791. The van der Waals surface area contributed by atoms with Crippen LogP contribution < -0.4 is 11.1 Å². The Hall–Kier alpha value is -1.07. The van der Waals surface area contributed by atoms with Gasteiger partial charge in [0.05, 0.1) is 15.7 Å². The molecule has 1 atom stereocenters. The van der Waals surface area contributed by atoms with Crippen LogP contribution in [0.1, 0.15) is 20.3 Å². The molecule has 4 nitrogen and oxygen atoms in total. The number of carbonyl (C=O) groups excluding carboxylic acids is 1. The Morgan fingerprint density at radius 1 is 1.47 bits per heavy atom. The van der Waals surface area contributed by atoms with E-state index in [1.165, 1.54) is 6.07 Å². The normalized spacial score (nSPS) is 12.4. The van der Waals surface area contributed by atoms with E-state index < -0.39 is 10.8 Å². The molecule has 0 aromatic heterocycles. The second kappa shape index (κ2) is 7.50. The Morgan fingerprint density at radius 3 is 2.79 bits per heavy atom. The topological polar surface area (TPSA) is 72.2 Å². The lowest BCUT2D eigenvalue weighted by molar-refractivity contribution is -0.118. The van der Waals surface area contributed by atoms with Gasteiger partial charge in [-0.1, -0.05) is 25.4 Å². The van der Waals surface area contributed by atoms with E-state index in [4.69, 9.17) is 17.3 Å². The summed E-state index contributed by atoms with van der Waals surface area (Å²) in [5, 5.41) is 3.20. The van der Waals surface area contributed by atoms with Gasteiger partial charge in [0, 0.05) is 17.3 Å². The molecule has 0 aliphatic rings. The van der Waals surface area contributed by atoms with Crippen LogP contribution in [0.3, 0.4) is 0 Å². The molecule has 1 rings (SSSR count). The van der Waals surface area contributed by atoms with Crippen LogP contribution in [0.2, 0.25) is 5.02 Å². The van der Waals surface area contributed by atoms with Crippen LogP contribution in [-0.4, -0.2) is 22.4 Å². The third-order valence-electron chi connectivity index (χ3n) is 2.53. The van der Waals surface area contributed by atoms with Gasteiger partial charge in [0.2, 0.25) is 5.91 Å². The smallest absolute Gasteiger partial charge is 0.233 e. The largest absolute Gasteiger partial charge is 0.398 e. The number of anilines is 1. The summed E-state index contributed by atoms with van der Waals surface area (Å²) in [5.74, 6) is 0.190. The fourth-order valence-electron chi connectivity index (χ4n) is 1.45. The van der Waals surface area contributed by atoms with E-state index in [1.807, 2.05) is 0 Å². The van der Waals surface area contributed by atoms with E-state index in [0.717, 1.165) is 6.42 Å². The molecule has 1 amide bonds. The van der Waals surface area contributed by atoms with E-state index in [1.54, 1.807) is 12.1 Å². The van der Waals surface area contributed by atoms with Gasteiger partial charge in [-0.05, 0) is 30.5 Å². The van der Waals surface area contributed by atoms with Crippen LogP contribution in [0, 0.1) is 5.92 Å². The van der Waals surface area contributed by atoms with Crippen molar-refractivity contribution in [3.63, 3.8) is 0 Å². The minimum Gasteiger partial charge on any atom is -0.398 e. The lowest BCUT2D eigenvalue weighted by Crippen LogP contribution is -2.29. The monoisotopic (exact) mass is 302 g/mol. The van der Waals surface area contributed by atoms with Crippen molar-refractivity contribution >= 4 is 34.0 Å². The summed E-state index contributed by atoms with van der Waals surface area (Å²) in [5.41, 5.74) is 6.11. The summed E-state index contributed by atoms with van der Waals surface area (Å²) in [6.45, 7) is 4.76. The lowest BCUT2D eigenvalue weighted by atomic mass is 10.1. The Bertz CT molecular complexity index is 478. The molecule has 0 radical (unpaired) electrons. The van der Waals surface area contributed by atoms with Crippen LogP contribution in [0.25, 0.3) is 0 Å². The predicted octanol–water partition coefficient (Wildman–Crippen LogP) is 2.19. The molecule has 0 fully saturated rings. The van der Waals surface area contributed by atoms with Crippen molar-refractivity contribution in [3.05, 3.63) is 23.2 Å². The van der Waals surface area contributed by atoms with Gasteiger partial charge in [0.25, 0.3) is 0 Å². The van der Waals surface area contributed by atoms with Gasteiger partial charge < -0.3 is 11.1 Å². The second-order valence-corrected chi connectivity index (χ2v) is 6.56. The number of carbonyl (C=O) groups is 1. The maximum absolute atomic E-state index is 12.0. The highest BCUT2D eigenvalue weighted by atomic mass is 35.5. The van der Waals surface area contributed by atoms with E-state index in [9.17, 15) is 9.00 Å². The van der Waals surface area contributed by atoms with Gasteiger partial charge in [-0.25, -0.2) is 0 Å².